The topological polar surface area (TPSA) is 44.9 Å². The molecule has 3 heterocycles. The molecule has 7 heteroatoms. The third-order valence-electron chi connectivity index (χ3n) is 9.22. The minimum Gasteiger partial charge on any atom is -0.457 e. The summed E-state index contributed by atoms with van der Waals surface area (Å²) in [5.41, 5.74) is 6.07. The van der Waals surface area contributed by atoms with Gasteiger partial charge < -0.3 is 4.74 Å². The van der Waals surface area contributed by atoms with E-state index in [1.54, 1.807) is 4.68 Å². The Hall–Kier alpha value is -4.78. The molecule has 5 nitrogen and oxygen atoms in total. The SMILES string of the molecule is CCC(C)c1ccnc(-n2c3ccccc3c3ccc(Oc4cccc(-n5nc(C)c(C6C(F)=CCC[C@@H]6F)c5C)c4)cc32)c1. The average Bonchev–Trinajstić information content (AvgIpc) is 3.53. The van der Waals surface area contributed by atoms with E-state index in [0.29, 0.717) is 41.5 Å². The van der Waals surface area contributed by atoms with Crippen LogP contribution in [0.5, 0.6) is 11.5 Å². The second-order valence-electron chi connectivity index (χ2n) is 12.0. The van der Waals surface area contributed by atoms with Crippen molar-refractivity contribution in [1.29, 1.82) is 0 Å². The number of aryl methyl sites for hydroxylation is 1. The molecule has 0 saturated heterocycles. The first kappa shape index (κ1) is 29.0. The third kappa shape index (κ3) is 5.10. The molecule has 0 radical (unpaired) electrons. The lowest BCUT2D eigenvalue weighted by atomic mass is 9.85. The predicted molar refractivity (Wildman–Crippen MR) is 176 cm³/mol. The lowest BCUT2D eigenvalue weighted by molar-refractivity contribution is 0.251. The third-order valence-corrected chi connectivity index (χ3v) is 9.22. The number of fused-ring (bicyclic) bond motifs is 3. The van der Waals surface area contributed by atoms with Gasteiger partial charge in [-0.3, -0.25) is 4.57 Å². The molecule has 0 saturated carbocycles. The van der Waals surface area contributed by atoms with Crippen molar-refractivity contribution in [2.75, 3.05) is 0 Å². The van der Waals surface area contributed by atoms with E-state index in [9.17, 15) is 8.78 Å². The van der Waals surface area contributed by atoms with Crippen molar-refractivity contribution in [3.63, 3.8) is 0 Å². The molecule has 3 aromatic carbocycles. The van der Waals surface area contributed by atoms with E-state index in [1.165, 1.54) is 11.6 Å². The van der Waals surface area contributed by atoms with Gasteiger partial charge in [-0.05, 0) is 87.1 Å². The molecule has 0 spiro atoms. The number of allylic oxidation sites excluding steroid dienone is 2. The van der Waals surface area contributed by atoms with Crippen LogP contribution in [0.2, 0.25) is 0 Å². The van der Waals surface area contributed by atoms with Crippen molar-refractivity contribution >= 4 is 21.8 Å². The first-order valence-corrected chi connectivity index (χ1v) is 15.7. The van der Waals surface area contributed by atoms with Crippen molar-refractivity contribution in [1.82, 2.24) is 19.3 Å². The average molecular weight is 603 g/mol. The number of para-hydroxylation sites is 1. The van der Waals surface area contributed by atoms with Crippen molar-refractivity contribution in [3.8, 4) is 23.0 Å². The van der Waals surface area contributed by atoms with E-state index in [0.717, 1.165) is 45.4 Å². The summed E-state index contributed by atoms with van der Waals surface area (Å²) in [5, 5.41) is 6.97. The molecule has 6 aromatic rings. The number of halogens is 2. The highest BCUT2D eigenvalue weighted by molar-refractivity contribution is 6.09. The molecule has 228 valence electrons. The molecule has 2 unspecified atom stereocenters. The fraction of sp³-hybridized carbons (Fsp3) is 0.263. The van der Waals surface area contributed by atoms with E-state index in [4.69, 9.17) is 14.8 Å². The Morgan fingerprint density at radius 1 is 0.933 bits per heavy atom. The summed E-state index contributed by atoms with van der Waals surface area (Å²) in [6, 6.07) is 26.4. The van der Waals surface area contributed by atoms with Crippen LogP contribution in [0.4, 0.5) is 8.78 Å². The maximum atomic E-state index is 14.9. The molecule has 0 aliphatic heterocycles. The van der Waals surface area contributed by atoms with Gasteiger partial charge in [0, 0.05) is 40.4 Å². The Bertz CT molecular complexity index is 2070. The van der Waals surface area contributed by atoms with Gasteiger partial charge in [-0.1, -0.05) is 44.2 Å². The summed E-state index contributed by atoms with van der Waals surface area (Å²) in [6.45, 7) is 8.12. The van der Waals surface area contributed by atoms with Crippen molar-refractivity contribution in [2.24, 2.45) is 0 Å². The molecular weight excluding hydrogens is 566 g/mol. The summed E-state index contributed by atoms with van der Waals surface area (Å²) < 4.78 is 40.1. The Kier molecular flexibility index (Phi) is 7.48. The lowest BCUT2D eigenvalue weighted by Gasteiger charge is -2.24. The number of aromatic nitrogens is 4. The number of hydrogen-bond acceptors (Lipinski definition) is 3. The highest BCUT2D eigenvalue weighted by atomic mass is 19.1. The normalized spacial score (nSPS) is 17.5. The zero-order valence-electron chi connectivity index (χ0n) is 26.0. The molecule has 3 aromatic heterocycles. The molecular formula is C38H36F2N4O. The fourth-order valence-corrected chi connectivity index (χ4v) is 6.70. The first-order valence-electron chi connectivity index (χ1n) is 15.7. The number of nitrogens with zero attached hydrogens (tertiary/aromatic N) is 4. The van der Waals surface area contributed by atoms with E-state index >= 15 is 0 Å². The predicted octanol–water partition coefficient (Wildman–Crippen LogP) is 10.4. The second-order valence-corrected chi connectivity index (χ2v) is 12.0. The largest absolute Gasteiger partial charge is 0.457 e. The molecule has 7 rings (SSSR count). The Labute approximate surface area is 261 Å². The quantitative estimate of drug-likeness (QED) is 0.183. The van der Waals surface area contributed by atoms with Gasteiger partial charge in [-0.25, -0.2) is 18.4 Å². The summed E-state index contributed by atoms with van der Waals surface area (Å²) in [4.78, 5) is 4.78. The molecule has 0 N–H and O–H groups in total. The standard InChI is InChI=1S/C38H36F2N4O/c1-5-23(2)26-18-19-41-36(20-26)43-34-15-7-6-12-30(34)31-17-16-29(22-35(31)43)45-28-11-8-10-27(21-28)44-25(4)37(24(3)42-44)38-32(39)13-9-14-33(38)40/h6-8,10-13,15-23,33,38H,5,9,14H2,1-4H3/t23?,33-,38?/m0/s1. The van der Waals surface area contributed by atoms with Crippen LogP contribution < -0.4 is 4.74 Å². The first-order chi connectivity index (χ1) is 21.8. The van der Waals surface area contributed by atoms with Gasteiger partial charge in [-0.2, -0.15) is 5.10 Å². The molecule has 0 fully saturated rings. The van der Waals surface area contributed by atoms with Gasteiger partial charge in [0.25, 0.3) is 0 Å². The number of pyridine rings is 1. The minimum absolute atomic E-state index is 0.314. The fourth-order valence-electron chi connectivity index (χ4n) is 6.70. The van der Waals surface area contributed by atoms with Crippen LogP contribution in [0.3, 0.4) is 0 Å². The Morgan fingerprint density at radius 2 is 1.73 bits per heavy atom. The number of benzene rings is 3. The smallest absolute Gasteiger partial charge is 0.137 e. The zero-order valence-corrected chi connectivity index (χ0v) is 26.0. The van der Waals surface area contributed by atoms with Crippen LogP contribution in [0.1, 0.15) is 67.5 Å². The number of ether oxygens (including phenoxy) is 1. The highest BCUT2D eigenvalue weighted by Gasteiger charge is 2.34. The molecule has 45 heavy (non-hydrogen) atoms. The monoisotopic (exact) mass is 602 g/mol. The molecule has 1 aliphatic carbocycles. The van der Waals surface area contributed by atoms with Gasteiger partial charge in [0.05, 0.1) is 28.3 Å². The van der Waals surface area contributed by atoms with Crippen molar-refractivity contribution < 1.29 is 13.5 Å². The second kappa shape index (κ2) is 11.6. The lowest BCUT2D eigenvalue weighted by Crippen LogP contribution is -2.19. The highest BCUT2D eigenvalue weighted by Crippen LogP contribution is 2.41. The molecule has 1 aliphatic rings. The Balaban J connectivity index is 1.27. The van der Waals surface area contributed by atoms with Crippen LogP contribution >= 0.6 is 0 Å². The van der Waals surface area contributed by atoms with Crippen LogP contribution in [0.25, 0.3) is 33.3 Å². The van der Waals surface area contributed by atoms with Crippen molar-refractivity contribution in [2.45, 2.75) is 65.0 Å². The van der Waals surface area contributed by atoms with Crippen LogP contribution in [-0.2, 0) is 0 Å². The van der Waals surface area contributed by atoms with Gasteiger partial charge in [0.1, 0.15) is 29.3 Å². The van der Waals surface area contributed by atoms with Crippen LogP contribution in [0.15, 0.2) is 97.0 Å². The van der Waals surface area contributed by atoms with Gasteiger partial charge >= 0.3 is 0 Å². The maximum absolute atomic E-state index is 14.9. The number of rotatable bonds is 7. The van der Waals surface area contributed by atoms with Crippen LogP contribution in [-0.4, -0.2) is 25.5 Å². The minimum atomic E-state index is -1.27. The van der Waals surface area contributed by atoms with Gasteiger partial charge in [0.2, 0.25) is 0 Å². The van der Waals surface area contributed by atoms with Gasteiger partial charge in [0.15, 0.2) is 0 Å². The molecule has 0 amide bonds. The number of alkyl halides is 1. The summed E-state index contributed by atoms with van der Waals surface area (Å²) in [5.74, 6) is 1.30. The van der Waals surface area contributed by atoms with E-state index in [1.807, 2.05) is 50.4 Å². The summed E-state index contributed by atoms with van der Waals surface area (Å²) in [7, 11) is 0. The summed E-state index contributed by atoms with van der Waals surface area (Å²) >= 11 is 0. The van der Waals surface area contributed by atoms with Crippen LogP contribution in [0, 0.1) is 13.8 Å². The molecule has 0 bridgehead atoms. The zero-order chi connectivity index (χ0) is 31.2. The van der Waals surface area contributed by atoms with Gasteiger partial charge in [-0.15, -0.1) is 0 Å². The summed E-state index contributed by atoms with van der Waals surface area (Å²) in [6.07, 6.45) is 3.91. The Morgan fingerprint density at radius 3 is 2.56 bits per heavy atom. The van der Waals surface area contributed by atoms with E-state index in [-0.39, 0.29) is 0 Å². The van der Waals surface area contributed by atoms with E-state index in [2.05, 4.69) is 66.9 Å². The van der Waals surface area contributed by atoms with E-state index < -0.39 is 17.9 Å². The molecule has 3 atom stereocenters. The maximum Gasteiger partial charge on any atom is 0.137 e. The number of hydrogen-bond donors (Lipinski definition) is 0. The van der Waals surface area contributed by atoms with Crippen molar-refractivity contribution in [3.05, 3.63) is 119 Å².